The van der Waals surface area contributed by atoms with Crippen LogP contribution in [0.15, 0.2) is 28.3 Å². The number of rotatable bonds is 3. The lowest BCUT2D eigenvalue weighted by Crippen LogP contribution is -2.00. The van der Waals surface area contributed by atoms with Crippen molar-refractivity contribution in [3.05, 3.63) is 39.1 Å². The highest BCUT2D eigenvalue weighted by Gasteiger charge is 1.99. The Morgan fingerprint density at radius 3 is 2.93 bits per heavy atom. The first-order chi connectivity index (χ1) is 7.24. The van der Waals surface area contributed by atoms with Gasteiger partial charge in [0.25, 0.3) is 0 Å². The predicted octanol–water partition coefficient (Wildman–Crippen LogP) is 3.05. The van der Waals surface area contributed by atoms with Gasteiger partial charge in [-0.3, -0.25) is 0 Å². The number of thiophene rings is 1. The maximum atomic E-state index is 12.7. The minimum Gasteiger partial charge on any atom is -0.365 e. The van der Waals surface area contributed by atoms with Crippen molar-refractivity contribution in [1.82, 2.24) is 9.97 Å². The molecule has 0 atom stereocenters. The normalized spacial score (nSPS) is 10.3. The standard InChI is InChI=1S/C9H7BrFN3S/c10-7-2-1-6(15-7)4-12-9-3-8(11)13-5-14-9/h1-3,5H,4H2,(H,12,13,14). The third kappa shape index (κ3) is 2.97. The molecular formula is C9H7BrFN3S. The highest BCUT2D eigenvalue weighted by molar-refractivity contribution is 9.11. The van der Waals surface area contributed by atoms with Crippen LogP contribution < -0.4 is 5.32 Å². The van der Waals surface area contributed by atoms with E-state index in [1.54, 1.807) is 11.3 Å². The summed E-state index contributed by atoms with van der Waals surface area (Å²) in [5, 5.41) is 3.01. The molecule has 0 aliphatic rings. The van der Waals surface area contributed by atoms with Gasteiger partial charge < -0.3 is 5.32 Å². The van der Waals surface area contributed by atoms with E-state index in [4.69, 9.17) is 0 Å². The lowest BCUT2D eigenvalue weighted by molar-refractivity contribution is 0.580. The molecule has 0 radical (unpaired) electrons. The molecule has 0 aliphatic heterocycles. The zero-order chi connectivity index (χ0) is 10.7. The van der Waals surface area contributed by atoms with Crippen molar-refractivity contribution in [1.29, 1.82) is 0 Å². The number of nitrogens with zero attached hydrogens (tertiary/aromatic N) is 2. The van der Waals surface area contributed by atoms with Crippen LogP contribution in [0.4, 0.5) is 10.2 Å². The molecule has 0 amide bonds. The summed E-state index contributed by atoms with van der Waals surface area (Å²) in [7, 11) is 0. The third-order valence-electron chi connectivity index (χ3n) is 1.71. The first-order valence-corrected chi connectivity index (χ1v) is 5.80. The van der Waals surface area contributed by atoms with Crippen molar-refractivity contribution >= 4 is 33.1 Å². The van der Waals surface area contributed by atoms with Crippen molar-refractivity contribution < 1.29 is 4.39 Å². The molecule has 3 nitrogen and oxygen atoms in total. The largest absolute Gasteiger partial charge is 0.365 e. The molecule has 2 aromatic heterocycles. The van der Waals surface area contributed by atoms with Gasteiger partial charge in [-0.1, -0.05) is 0 Å². The maximum absolute atomic E-state index is 12.7. The molecule has 15 heavy (non-hydrogen) atoms. The van der Waals surface area contributed by atoms with E-state index >= 15 is 0 Å². The Balaban J connectivity index is 1.99. The van der Waals surface area contributed by atoms with Crippen LogP contribution in [0.5, 0.6) is 0 Å². The van der Waals surface area contributed by atoms with Gasteiger partial charge in [-0.25, -0.2) is 9.97 Å². The van der Waals surface area contributed by atoms with Gasteiger partial charge in [0.1, 0.15) is 12.1 Å². The van der Waals surface area contributed by atoms with Crippen LogP contribution in [0.3, 0.4) is 0 Å². The Kier molecular flexibility index (Phi) is 3.27. The lowest BCUT2D eigenvalue weighted by atomic mass is 10.4. The van der Waals surface area contributed by atoms with E-state index in [9.17, 15) is 4.39 Å². The monoisotopic (exact) mass is 287 g/mol. The van der Waals surface area contributed by atoms with Crippen LogP contribution in [0, 0.1) is 5.95 Å². The van der Waals surface area contributed by atoms with Crippen LogP contribution in [0.25, 0.3) is 0 Å². The second-order valence-corrected chi connectivity index (χ2v) is 5.33. The molecule has 2 heterocycles. The number of nitrogens with one attached hydrogen (secondary N) is 1. The molecule has 0 fully saturated rings. The van der Waals surface area contributed by atoms with E-state index in [1.165, 1.54) is 12.4 Å². The summed E-state index contributed by atoms with van der Waals surface area (Å²) in [6, 6.07) is 5.24. The summed E-state index contributed by atoms with van der Waals surface area (Å²) >= 11 is 5.00. The quantitative estimate of drug-likeness (QED) is 0.882. The van der Waals surface area contributed by atoms with Crippen molar-refractivity contribution in [3.63, 3.8) is 0 Å². The topological polar surface area (TPSA) is 37.8 Å². The molecule has 78 valence electrons. The molecule has 2 aromatic rings. The lowest BCUT2D eigenvalue weighted by Gasteiger charge is -2.02. The Morgan fingerprint density at radius 1 is 1.40 bits per heavy atom. The van der Waals surface area contributed by atoms with Gasteiger partial charge in [-0.15, -0.1) is 11.3 Å². The van der Waals surface area contributed by atoms with Gasteiger partial charge in [0.15, 0.2) is 0 Å². The summed E-state index contributed by atoms with van der Waals surface area (Å²) in [4.78, 5) is 8.42. The van der Waals surface area contributed by atoms with E-state index in [1.807, 2.05) is 12.1 Å². The number of hydrogen-bond acceptors (Lipinski definition) is 4. The number of hydrogen-bond donors (Lipinski definition) is 1. The molecule has 0 unspecified atom stereocenters. The molecular weight excluding hydrogens is 281 g/mol. The van der Waals surface area contributed by atoms with Crippen LogP contribution in [-0.2, 0) is 6.54 Å². The van der Waals surface area contributed by atoms with Gasteiger partial charge >= 0.3 is 0 Å². The minimum atomic E-state index is -0.528. The molecule has 0 bridgehead atoms. The fourth-order valence-electron chi connectivity index (χ4n) is 1.05. The average Bonchev–Trinajstić information content (AvgIpc) is 2.62. The Hall–Kier alpha value is -1.01. The van der Waals surface area contributed by atoms with Gasteiger partial charge in [-0.05, 0) is 28.1 Å². The first-order valence-electron chi connectivity index (χ1n) is 4.19. The van der Waals surface area contributed by atoms with E-state index in [-0.39, 0.29) is 0 Å². The fourth-order valence-corrected chi connectivity index (χ4v) is 2.48. The van der Waals surface area contributed by atoms with E-state index in [0.29, 0.717) is 12.4 Å². The Labute approximate surface area is 98.5 Å². The highest BCUT2D eigenvalue weighted by atomic mass is 79.9. The molecule has 0 saturated heterocycles. The number of halogens is 2. The van der Waals surface area contributed by atoms with Crippen LogP contribution in [0.2, 0.25) is 0 Å². The van der Waals surface area contributed by atoms with Gasteiger partial charge in [-0.2, -0.15) is 4.39 Å². The molecule has 2 rings (SSSR count). The van der Waals surface area contributed by atoms with Gasteiger partial charge in [0.2, 0.25) is 5.95 Å². The zero-order valence-electron chi connectivity index (χ0n) is 7.58. The summed E-state index contributed by atoms with van der Waals surface area (Å²) < 4.78 is 13.8. The first kappa shape index (κ1) is 10.5. The third-order valence-corrected chi connectivity index (χ3v) is 3.33. The summed E-state index contributed by atoms with van der Waals surface area (Å²) in [6.07, 6.45) is 1.20. The molecule has 0 aromatic carbocycles. The van der Waals surface area contributed by atoms with Crippen LogP contribution in [0.1, 0.15) is 4.88 Å². The van der Waals surface area contributed by atoms with Crippen LogP contribution in [-0.4, -0.2) is 9.97 Å². The van der Waals surface area contributed by atoms with E-state index in [0.717, 1.165) is 8.66 Å². The van der Waals surface area contributed by atoms with Crippen molar-refractivity contribution in [3.8, 4) is 0 Å². The Bertz CT molecular complexity index is 460. The van der Waals surface area contributed by atoms with Gasteiger partial charge in [0, 0.05) is 10.9 Å². The second kappa shape index (κ2) is 4.67. The van der Waals surface area contributed by atoms with Crippen LogP contribution >= 0.6 is 27.3 Å². The molecule has 0 spiro atoms. The highest BCUT2D eigenvalue weighted by Crippen LogP contribution is 2.22. The van der Waals surface area contributed by atoms with Crippen molar-refractivity contribution in [2.75, 3.05) is 5.32 Å². The zero-order valence-corrected chi connectivity index (χ0v) is 9.98. The molecule has 6 heteroatoms. The fraction of sp³-hybridized carbons (Fsp3) is 0.111. The van der Waals surface area contributed by atoms with Crippen molar-refractivity contribution in [2.45, 2.75) is 6.54 Å². The van der Waals surface area contributed by atoms with Crippen molar-refractivity contribution in [2.24, 2.45) is 0 Å². The molecule has 0 aliphatic carbocycles. The Morgan fingerprint density at radius 2 is 2.27 bits per heavy atom. The van der Waals surface area contributed by atoms with E-state index in [2.05, 4.69) is 31.2 Å². The van der Waals surface area contributed by atoms with Gasteiger partial charge in [0.05, 0.1) is 10.3 Å². The average molecular weight is 288 g/mol. The molecule has 0 saturated carbocycles. The number of anilines is 1. The summed E-state index contributed by atoms with van der Waals surface area (Å²) in [6.45, 7) is 0.632. The number of aromatic nitrogens is 2. The molecule has 1 N–H and O–H groups in total. The second-order valence-electron chi connectivity index (χ2n) is 2.79. The van der Waals surface area contributed by atoms with E-state index < -0.39 is 5.95 Å². The minimum absolute atomic E-state index is 0.493. The smallest absolute Gasteiger partial charge is 0.217 e. The summed E-state index contributed by atoms with van der Waals surface area (Å²) in [5.74, 6) is -0.0353. The maximum Gasteiger partial charge on any atom is 0.217 e. The predicted molar refractivity (Wildman–Crippen MR) is 61.3 cm³/mol. The summed E-state index contributed by atoms with van der Waals surface area (Å²) in [5.41, 5.74) is 0. The SMILES string of the molecule is Fc1cc(NCc2ccc(Br)s2)ncn1.